The molecule has 0 fully saturated rings. The normalized spacial score (nSPS) is 10.3. The third-order valence-electron chi connectivity index (χ3n) is 2.74. The Bertz CT molecular complexity index is 600. The van der Waals surface area contributed by atoms with E-state index in [-0.39, 0.29) is 5.95 Å². The monoisotopic (exact) mass is 335 g/mol. The van der Waals surface area contributed by atoms with Gasteiger partial charge in [0, 0.05) is 22.8 Å². The molecule has 106 valence electrons. The second-order valence-corrected chi connectivity index (χ2v) is 5.37. The molecule has 0 aliphatic heterocycles. The Kier molecular flexibility index (Phi) is 4.79. The minimum Gasteiger partial charge on any atom is -0.370 e. The summed E-state index contributed by atoms with van der Waals surface area (Å²) >= 11 is 3.51. The fourth-order valence-corrected chi connectivity index (χ4v) is 2.07. The molecule has 0 unspecified atom stereocenters. The van der Waals surface area contributed by atoms with Crippen LogP contribution in [0, 0.1) is 6.92 Å². The van der Waals surface area contributed by atoms with Gasteiger partial charge in [0.1, 0.15) is 11.6 Å². The van der Waals surface area contributed by atoms with Crippen molar-refractivity contribution in [3.05, 3.63) is 34.3 Å². The molecule has 1 aromatic heterocycles. The lowest BCUT2D eigenvalue weighted by Gasteiger charge is -2.10. The molecule has 5 nitrogen and oxygen atoms in total. The first-order valence-electron chi connectivity index (χ1n) is 6.50. The molecule has 2 aromatic rings. The molecule has 0 bridgehead atoms. The smallest absolute Gasteiger partial charge is 0.223 e. The Labute approximate surface area is 127 Å². The number of nitrogen functional groups attached to an aromatic ring is 1. The molecule has 6 heteroatoms. The molecule has 0 saturated heterocycles. The van der Waals surface area contributed by atoms with E-state index in [1.807, 2.05) is 31.2 Å². The summed E-state index contributed by atoms with van der Waals surface area (Å²) in [6.45, 7) is 5.00. The van der Waals surface area contributed by atoms with Crippen molar-refractivity contribution in [1.29, 1.82) is 0 Å². The third kappa shape index (κ3) is 3.84. The van der Waals surface area contributed by atoms with E-state index in [4.69, 9.17) is 5.73 Å². The van der Waals surface area contributed by atoms with Crippen molar-refractivity contribution in [2.75, 3.05) is 22.9 Å². The van der Waals surface area contributed by atoms with Gasteiger partial charge in [0.15, 0.2) is 0 Å². The predicted molar refractivity (Wildman–Crippen MR) is 87.4 cm³/mol. The summed E-state index contributed by atoms with van der Waals surface area (Å²) in [5, 5.41) is 6.43. The maximum absolute atomic E-state index is 5.73. The molecule has 1 aromatic carbocycles. The van der Waals surface area contributed by atoms with Crippen LogP contribution < -0.4 is 16.4 Å². The zero-order chi connectivity index (χ0) is 14.5. The first-order chi connectivity index (χ1) is 9.58. The number of hydrogen-bond donors (Lipinski definition) is 3. The van der Waals surface area contributed by atoms with E-state index in [1.54, 1.807) is 0 Å². The van der Waals surface area contributed by atoms with Gasteiger partial charge >= 0.3 is 0 Å². The molecule has 0 saturated carbocycles. The maximum Gasteiger partial charge on any atom is 0.223 e. The van der Waals surface area contributed by atoms with E-state index in [2.05, 4.69) is 43.5 Å². The maximum atomic E-state index is 5.73. The quantitative estimate of drug-likeness (QED) is 0.776. The highest BCUT2D eigenvalue weighted by molar-refractivity contribution is 9.10. The number of hydrogen-bond acceptors (Lipinski definition) is 5. The standard InChI is InChI=1S/C14H18BrN5/c1-3-6-17-12-8-13(20-14(16)19-12)18-10-5-4-9(2)11(15)7-10/h4-5,7-8H,3,6H2,1-2H3,(H4,16,17,18,19,20). The molecule has 0 aliphatic carbocycles. The lowest BCUT2D eigenvalue weighted by Crippen LogP contribution is -2.06. The second-order valence-electron chi connectivity index (χ2n) is 4.51. The van der Waals surface area contributed by atoms with E-state index >= 15 is 0 Å². The van der Waals surface area contributed by atoms with Crippen LogP contribution in [-0.4, -0.2) is 16.5 Å². The van der Waals surface area contributed by atoms with E-state index in [0.717, 1.165) is 28.9 Å². The molecule has 1 heterocycles. The summed E-state index contributed by atoms with van der Waals surface area (Å²) in [6.07, 6.45) is 1.03. The van der Waals surface area contributed by atoms with Gasteiger partial charge in [-0.25, -0.2) is 0 Å². The number of nitrogens with two attached hydrogens (primary N) is 1. The Morgan fingerprint density at radius 1 is 1.20 bits per heavy atom. The van der Waals surface area contributed by atoms with Gasteiger partial charge in [-0.1, -0.05) is 28.9 Å². The van der Waals surface area contributed by atoms with Gasteiger partial charge in [0.25, 0.3) is 0 Å². The van der Waals surface area contributed by atoms with E-state index < -0.39 is 0 Å². The zero-order valence-electron chi connectivity index (χ0n) is 11.6. The van der Waals surface area contributed by atoms with Crippen LogP contribution in [-0.2, 0) is 0 Å². The van der Waals surface area contributed by atoms with Crippen molar-refractivity contribution in [2.45, 2.75) is 20.3 Å². The number of rotatable bonds is 5. The summed E-state index contributed by atoms with van der Waals surface area (Å²) in [4.78, 5) is 8.34. The average molecular weight is 336 g/mol. The average Bonchev–Trinajstić information content (AvgIpc) is 2.40. The van der Waals surface area contributed by atoms with Gasteiger partial charge < -0.3 is 16.4 Å². The van der Waals surface area contributed by atoms with Crippen LogP contribution in [0.25, 0.3) is 0 Å². The number of aromatic nitrogens is 2. The number of aryl methyl sites for hydroxylation is 1. The van der Waals surface area contributed by atoms with Gasteiger partial charge in [-0.05, 0) is 31.0 Å². The van der Waals surface area contributed by atoms with E-state index in [9.17, 15) is 0 Å². The van der Waals surface area contributed by atoms with Crippen molar-refractivity contribution in [1.82, 2.24) is 9.97 Å². The first kappa shape index (κ1) is 14.6. The fourth-order valence-electron chi connectivity index (χ4n) is 1.69. The SMILES string of the molecule is CCCNc1cc(Nc2ccc(C)c(Br)c2)nc(N)n1. The Morgan fingerprint density at radius 3 is 2.65 bits per heavy atom. The van der Waals surface area contributed by atoms with Crippen molar-refractivity contribution in [2.24, 2.45) is 0 Å². The molecule has 0 atom stereocenters. The Hall–Kier alpha value is -1.82. The molecular weight excluding hydrogens is 318 g/mol. The van der Waals surface area contributed by atoms with Crippen molar-refractivity contribution < 1.29 is 0 Å². The van der Waals surface area contributed by atoms with Gasteiger partial charge in [-0.15, -0.1) is 0 Å². The number of anilines is 4. The highest BCUT2D eigenvalue weighted by Gasteiger charge is 2.04. The molecule has 0 radical (unpaired) electrons. The number of halogens is 1. The second kappa shape index (κ2) is 6.56. The number of nitrogens with one attached hydrogen (secondary N) is 2. The number of benzene rings is 1. The largest absolute Gasteiger partial charge is 0.370 e. The topological polar surface area (TPSA) is 75.9 Å². The van der Waals surface area contributed by atoms with Crippen molar-refractivity contribution in [3.8, 4) is 0 Å². The molecule has 20 heavy (non-hydrogen) atoms. The van der Waals surface area contributed by atoms with Crippen LogP contribution in [0.15, 0.2) is 28.7 Å². The minimum absolute atomic E-state index is 0.250. The predicted octanol–water partition coefficient (Wildman–Crippen LogP) is 3.70. The zero-order valence-corrected chi connectivity index (χ0v) is 13.2. The van der Waals surface area contributed by atoms with Gasteiger partial charge in [-0.2, -0.15) is 9.97 Å². The van der Waals surface area contributed by atoms with Gasteiger partial charge in [0.2, 0.25) is 5.95 Å². The molecule has 2 rings (SSSR count). The molecule has 0 spiro atoms. The highest BCUT2D eigenvalue weighted by Crippen LogP contribution is 2.24. The third-order valence-corrected chi connectivity index (χ3v) is 3.60. The molecule has 0 aliphatic rings. The van der Waals surface area contributed by atoms with Crippen LogP contribution in [0.3, 0.4) is 0 Å². The van der Waals surface area contributed by atoms with E-state index in [0.29, 0.717) is 5.82 Å². The lowest BCUT2D eigenvalue weighted by molar-refractivity contribution is 0.967. The Balaban J connectivity index is 2.19. The van der Waals surface area contributed by atoms with E-state index in [1.165, 1.54) is 5.56 Å². The minimum atomic E-state index is 0.250. The van der Waals surface area contributed by atoms with Gasteiger partial charge in [0.05, 0.1) is 0 Å². The fraction of sp³-hybridized carbons (Fsp3) is 0.286. The van der Waals surface area contributed by atoms with Crippen molar-refractivity contribution in [3.63, 3.8) is 0 Å². The lowest BCUT2D eigenvalue weighted by atomic mass is 10.2. The Morgan fingerprint density at radius 2 is 1.95 bits per heavy atom. The highest BCUT2D eigenvalue weighted by atomic mass is 79.9. The molecule has 0 amide bonds. The summed E-state index contributed by atoms with van der Waals surface area (Å²) in [7, 11) is 0. The van der Waals surface area contributed by atoms with Crippen LogP contribution in [0.5, 0.6) is 0 Å². The molecular formula is C14H18BrN5. The van der Waals surface area contributed by atoms with Gasteiger partial charge in [-0.3, -0.25) is 0 Å². The first-order valence-corrected chi connectivity index (χ1v) is 7.29. The summed E-state index contributed by atoms with van der Waals surface area (Å²) in [6, 6.07) is 7.89. The summed E-state index contributed by atoms with van der Waals surface area (Å²) < 4.78 is 1.05. The number of nitrogens with zero attached hydrogens (tertiary/aromatic N) is 2. The van der Waals surface area contributed by atoms with Crippen LogP contribution in [0.1, 0.15) is 18.9 Å². The molecule has 4 N–H and O–H groups in total. The van der Waals surface area contributed by atoms with Crippen LogP contribution >= 0.6 is 15.9 Å². The van der Waals surface area contributed by atoms with Crippen LogP contribution in [0.2, 0.25) is 0 Å². The van der Waals surface area contributed by atoms with Crippen LogP contribution in [0.4, 0.5) is 23.3 Å². The summed E-state index contributed by atoms with van der Waals surface area (Å²) in [5.74, 6) is 1.65. The van der Waals surface area contributed by atoms with Crippen molar-refractivity contribution >= 4 is 39.2 Å². The summed E-state index contributed by atoms with van der Waals surface area (Å²) in [5.41, 5.74) is 7.86.